The molecule has 2 aromatic heterocycles. The maximum atomic E-state index is 13.0. The van der Waals surface area contributed by atoms with E-state index in [0.717, 1.165) is 10.8 Å². The van der Waals surface area contributed by atoms with Crippen LogP contribution in [0.25, 0.3) is 11.0 Å². The highest BCUT2D eigenvalue weighted by Gasteiger charge is 2.47. The maximum Gasteiger partial charge on any atom is 0.449 e. The van der Waals surface area contributed by atoms with Crippen molar-refractivity contribution < 1.29 is 27.9 Å². The van der Waals surface area contributed by atoms with Crippen LogP contribution in [0.3, 0.4) is 0 Å². The fraction of sp³-hybridized carbons (Fsp3) is 0.467. The zero-order valence-corrected chi connectivity index (χ0v) is 13.3. The van der Waals surface area contributed by atoms with Crippen LogP contribution in [0.1, 0.15) is 29.5 Å². The van der Waals surface area contributed by atoms with Crippen molar-refractivity contribution in [3.8, 4) is 0 Å². The van der Waals surface area contributed by atoms with E-state index in [0.29, 0.717) is 6.42 Å². The first kappa shape index (κ1) is 17.2. The number of rotatable bonds is 4. The standard InChI is InChI=1S/C15H15F3N4O3/c1-6(7-3-8(7)13(24)25)20-12(23)9-4-19-5-10-11(9)22(2)14(21-10)15(16,17)18/h4-8H,3H2,1-2H3,(H,20,23)(H,24,25)/t6?,7-,8+/m0/s1. The van der Waals surface area contributed by atoms with Crippen molar-refractivity contribution in [3.05, 3.63) is 23.8 Å². The number of halogens is 3. The van der Waals surface area contributed by atoms with Crippen molar-refractivity contribution in [1.82, 2.24) is 19.9 Å². The number of hydrogen-bond acceptors (Lipinski definition) is 4. The third kappa shape index (κ3) is 3.03. The molecule has 0 aliphatic heterocycles. The van der Waals surface area contributed by atoms with Gasteiger partial charge < -0.3 is 15.0 Å². The molecule has 0 aromatic carbocycles. The lowest BCUT2D eigenvalue weighted by Gasteiger charge is -2.14. The number of carboxylic acids is 1. The highest BCUT2D eigenvalue weighted by molar-refractivity contribution is 6.04. The van der Waals surface area contributed by atoms with Crippen LogP contribution in [0.5, 0.6) is 0 Å². The molecule has 134 valence electrons. The number of aliphatic carboxylic acids is 1. The van der Waals surface area contributed by atoms with Gasteiger partial charge in [0.15, 0.2) is 0 Å². The van der Waals surface area contributed by atoms with Crippen LogP contribution < -0.4 is 5.32 Å². The lowest BCUT2D eigenvalue weighted by atomic mass is 10.1. The minimum absolute atomic E-state index is 0.0256. The summed E-state index contributed by atoms with van der Waals surface area (Å²) >= 11 is 0. The van der Waals surface area contributed by atoms with E-state index in [9.17, 15) is 22.8 Å². The van der Waals surface area contributed by atoms with Crippen LogP contribution in [0.15, 0.2) is 12.4 Å². The van der Waals surface area contributed by atoms with Crippen molar-refractivity contribution in [2.45, 2.75) is 25.6 Å². The number of imidazole rings is 1. The molecule has 0 spiro atoms. The largest absolute Gasteiger partial charge is 0.481 e. The van der Waals surface area contributed by atoms with E-state index < -0.39 is 35.8 Å². The summed E-state index contributed by atoms with van der Waals surface area (Å²) < 4.78 is 39.8. The van der Waals surface area contributed by atoms with E-state index in [1.807, 2.05) is 0 Å². The van der Waals surface area contributed by atoms with Crippen LogP contribution >= 0.6 is 0 Å². The van der Waals surface area contributed by atoms with Crippen molar-refractivity contribution in [2.24, 2.45) is 18.9 Å². The van der Waals surface area contributed by atoms with Gasteiger partial charge in [-0.25, -0.2) is 4.98 Å². The zero-order chi connectivity index (χ0) is 18.5. The van der Waals surface area contributed by atoms with Crippen molar-refractivity contribution in [2.75, 3.05) is 0 Å². The van der Waals surface area contributed by atoms with E-state index >= 15 is 0 Å². The highest BCUT2D eigenvalue weighted by Crippen LogP contribution is 2.41. The lowest BCUT2D eigenvalue weighted by molar-refractivity contribution is -0.146. The van der Waals surface area contributed by atoms with Gasteiger partial charge in [0, 0.05) is 19.3 Å². The molecular formula is C15H15F3N4O3. The fourth-order valence-corrected chi connectivity index (χ4v) is 3.03. The van der Waals surface area contributed by atoms with Crippen molar-refractivity contribution in [3.63, 3.8) is 0 Å². The van der Waals surface area contributed by atoms with Gasteiger partial charge in [-0.1, -0.05) is 0 Å². The number of aromatic nitrogens is 3. The molecule has 0 saturated heterocycles. The molecule has 2 N–H and O–H groups in total. The Bertz CT molecular complexity index is 862. The zero-order valence-electron chi connectivity index (χ0n) is 13.3. The second-order valence-electron chi connectivity index (χ2n) is 6.15. The predicted octanol–water partition coefficient (Wildman–Crippen LogP) is 1.83. The first-order valence-electron chi connectivity index (χ1n) is 7.52. The Morgan fingerprint density at radius 3 is 2.64 bits per heavy atom. The summed E-state index contributed by atoms with van der Waals surface area (Å²) in [6.07, 6.45) is -1.86. The average Bonchev–Trinajstić information content (AvgIpc) is 3.25. The first-order chi connectivity index (χ1) is 11.6. The van der Waals surface area contributed by atoms with Gasteiger partial charge in [-0.05, 0) is 19.3 Å². The third-order valence-corrected chi connectivity index (χ3v) is 4.43. The van der Waals surface area contributed by atoms with Gasteiger partial charge in [0.05, 0.1) is 23.2 Å². The predicted molar refractivity (Wildman–Crippen MR) is 79.7 cm³/mol. The number of nitrogens with zero attached hydrogens (tertiary/aromatic N) is 3. The summed E-state index contributed by atoms with van der Waals surface area (Å²) in [4.78, 5) is 30.7. The molecule has 10 heteroatoms. The number of pyridine rings is 1. The molecule has 0 bridgehead atoms. The molecule has 2 aromatic rings. The normalized spacial score (nSPS) is 21.2. The molecule has 1 saturated carbocycles. The molecule has 2 heterocycles. The van der Waals surface area contributed by atoms with Gasteiger partial charge in [0.25, 0.3) is 5.91 Å². The van der Waals surface area contributed by atoms with Crippen LogP contribution in [-0.2, 0) is 18.0 Å². The van der Waals surface area contributed by atoms with Crippen molar-refractivity contribution >= 4 is 22.9 Å². The molecule has 3 rings (SSSR count). The second-order valence-corrected chi connectivity index (χ2v) is 6.15. The number of nitrogens with one attached hydrogen (secondary N) is 1. The Morgan fingerprint density at radius 1 is 1.40 bits per heavy atom. The Kier molecular flexibility index (Phi) is 3.92. The number of carbonyl (C=O) groups is 2. The Labute approximate surface area is 139 Å². The molecule has 1 aliphatic rings. The first-order valence-corrected chi connectivity index (χ1v) is 7.52. The monoisotopic (exact) mass is 356 g/mol. The van der Waals surface area contributed by atoms with Crippen LogP contribution in [0.4, 0.5) is 13.2 Å². The SMILES string of the molecule is CC(NC(=O)c1cncc2nc(C(F)(F)F)n(C)c12)[C@@H]1C[C@H]1C(=O)O. The average molecular weight is 356 g/mol. The molecule has 1 unspecified atom stereocenters. The minimum atomic E-state index is -4.66. The van der Waals surface area contributed by atoms with Gasteiger partial charge in [-0.15, -0.1) is 0 Å². The van der Waals surface area contributed by atoms with Crippen molar-refractivity contribution in [1.29, 1.82) is 0 Å². The summed E-state index contributed by atoms with van der Waals surface area (Å²) in [6, 6.07) is -0.417. The number of hydrogen-bond donors (Lipinski definition) is 2. The lowest BCUT2D eigenvalue weighted by Crippen LogP contribution is -2.35. The molecule has 25 heavy (non-hydrogen) atoms. The van der Waals surface area contributed by atoms with Gasteiger partial charge in [0.1, 0.15) is 5.52 Å². The van der Waals surface area contributed by atoms with E-state index in [2.05, 4.69) is 15.3 Å². The second kappa shape index (κ2) is 5.71. The minimum Gasteiger partial charge on any atom is -0.481 e. The van der Waals surface area contributed by atoms with Gasteiger partial charge in [0.2, 0.25) is 5.82 Å². The molecule has 1 fully saturated rings. The summed E-state index contributed by atoms with van der Waals surface area (Å²) in [5.41, 5.74) is -0.0510. The third-order valence-electron chi connectivity index (χ3n) is 4.43. The number of fused-ring (bicyclic) bond motifs is 1. The molecule has 0 radical (unpaired) electrons. The van der Waals surface area contributed by atoms with Crippen LogP contribution in [-0.4, -0.2) is 37.6 Å². The molecule has 1 amide bonds. The highest BCUT2D eigenvalue weighted by atomic mass is 19.4. The Hall–Kier alpha value is -2.65. The van der Waals surface area contributed by atoms with E-state index in [-0.39, 0.29) is 22.5 Å². The smallest absolute Gasteiger partial charge is 0.449 e. The van der Waals surface area contributed by atoms with E-state index in [1.54, 1.807) is 6.92 Å². The summed E-state index contributed by atoms with van der Waals surface area (Å²) in [5, 5.41) is 11.6. The Balaban J connectivity index is 1.89. The fourth-order valence-electron chi connectivity index (χ4n) is 3.03. The quantitative estimate of drug-likeness (QED) is 0.871. The topological polar surface area (TPSA) is 97.1 Å². The molecular weight excluding hydrogens is 341 g/mol. The number of aryl methyl sites for hydroxylation is 1. The molecule has 7 nitrogen and oxygen atoms in total. The maximum absolute atomic E-state index is 13.0. The van der Waals surface area contributed by atoms with Crippen LogP contribution in [0.2, 0.25) is 0 Å². The Morgan fingerprint density at radius 2 is 2.08 bits per heavy atom. The number of amides is 1. The summed E-state index contributed by atoms with van der Waals surface area (Å²) in [6.45, 7) is 1.67. The molecule has 1 aliphatic carbocycles. The van der Waals surface area contributed by atoms with Crippen LogP contribution in [0, 0.1) is 11.8 Å². The van der Waals surface area contributed by atoms with E-state index in [4.69, 9.17) is 5.11 Å². The van der Waals surface area contributed by atoms with Gasteiger partial charge in [-0.2, -0.15) is 13.2 Å². The number of alkyl halides is 3. The summed E-state index contributed by atoms with van der Waals surface area (Å²) in [5.74, 6) is -3.34. The van der Waals surface area contributed by atoms with Gasteiger partial charge in [-0.3, -0.25) is 14.6 Å². The summed E-state index contributed by atoms with van der Waals surface area (Å²) in [7, 11) is 1.18. The molecule has 3 atom stereocenters. The number of carbonyl (C=O) groups excluding carboxylic acids is 1. The number of carboxylic acid groups (broad SMARTS) is 1. The van der Waals surface area contributed by atoms with Gasteiger partial charge >= 0.3 is 12.1 Å². The van der Waals surface area contributed by atoms with E-state index in [1.165, 1.54) is 13.2 Å².